The van der Waals surface area contributed by atoms with Crippen LogP contribution in [0.1, 0.15) is 92.3 Å². The Labute approximate surface area is 386 Å². The van der Waals surface area contributed by atoms with Gasteiger partial charge in [0.15, 0.2) is 5.82 Å². The van der Waals surface area contributed by atoms with E-state index in [1.54, 1.807) is 75.4 Å². The summed E-state index contributed by atoms with van der Waals surface area (Å²) < 4.78 is 44.4. The van der Waals surface area contributed by atoms with E-state index in [1.807, 2.05) is 30.5 Å². The predicted molar refractivity (Wildman–Crippen MR) is 256 cm³/mol. The maximum absolute atomic E-state index is 15.5. The van der Waals surface area contributed by atoms with Crippen LogP contribution in [-0.4, -0.2) is 90.4 Å². The highest BCUT2D eigenvalue weighted by molar-refractivity contribution is 7.72. The number of H-pyrrole nitrogens is 1. The smallest absolute Gasteiger partial charge is 0.402 e. The number of aliphatic imine (C=N–C) groups is 1. The number of aromatic amines is 1. The Bertz CT molecular complexity index is 3150. The van der Waals surface area contributed by atoms with Crippen LogP contribution in [0.2, 0.25) is 0 Å². The van der Waals surface area contributed by atoms with Gasteiger partial charge in [0.1, 0.15) is 35.9 Å². The molecule has 2 fully saturated rings. The second-order valence-electron chi connectivity index (χ2n) is 18.3. The summed E-state index contributed by atoms with van der Waals surface area (Å²) in [6.07, 6.45) is 6.04. The Hall–Kier alpha value is -6.29. The molecule has 1 aliphatic carbocycles. The number of fused-ring (bicyclic) bond motifs is 1. The summed E-state index contributed by atoms with van der Waals surface area (Å²) in [4.78, 5) is 52.2. The SMILES string of the molecule is CC[P@](=O)(c1ccc(-n2ccn(C(=Nc3cc(C)c(F)c(C)c3)C3=C(N)CCN(C(=O)c4cc5cc(C6CCOCC6)ccc5n4[C@@]4(c5noc(=O)[nH]5)C[C@@H]4C)[C@H]3C)c2=O)cc1NC)[C@@H](C)O. The van der Waals surface area contributed by atoms with Crippen LogP contribution in [0.3, 0.4) is 0 Å². The highest BCUT2D eigenvalue weighted by Crippen LogP contribution is 2.56. The molecule has 0 spiro atoms. The molecular weight excluding hydrogens is 877 g/mol. The Morgan fingerprint density at radius 3 is 2.43 bits per heavy atom. The molecule has 1 amide bonds. The minimum atomic E-state index is -3.20. The normalized spacial score (nSPS) is 21.7. The van der Waals surface area contributed by atoms with Crippen LogP contribution in [0.4, 0.5) is 15.8 Å². The molecule has 0 radical (unpaired) electrons. The number of rotatable bonds is 11. The number of nitrogens with zero attached hydrogens (tertiary/aromatic N) is 6. The summed E-state index contributed by atoms with van der Waals surface area (Å²) in [5.41, 5.74) is 10.9. The molecule has 352 valence electrons. The maximum atomic E-state index is 15.5. The second kappa shape index (κ2) is 17.4. The first-order valence-corrected chi connectivity index (χ1v) is 24.8. The summed E-state index contributed by atoms with van der Waals surface area (Å²) in [5, 5.41) is 19.1. The molecule has 16 nitrogen and oxygen atoms in total. The number of amides is 1. The lowest BCUT2D eigenvalue weighted by Gasteiger charge is -2.37. The lowest BCUT2D eigenvalue weighted by atomic mass is 9.91. The third kappa shape index (κ3) is 7.70. The first-order chi connectivity index (χ1) is 32.0. The first kappa shape index (κ1) is 45.8. The van der Waals surface area contributed by atoms with E-state index >= 15 is 9.18 Å². The standard InChI is InChI=1S/C49H57FN9O7P/c1-8-67(64,31(6)60)41-12-10-36(25-38(41)52-7)57-17-18-58(48(57)63)44(53-35-21-27(2)43(50)28(3)22-35)42-30(5)56(16-13-37(42)51)45(61)40-24-34-23-33(32-14-19-65-20-15-32)9-11-39(34)59(40)49(26-29(49)4)46-54-47(62)66-55-46/h9-12,17-18,21-25,29-32,52,60H,8,13-16,19-20,26,51H2,1-7H3,(H,54,55,62)/t29-,30-,31-,49-,67+/m0/s1. The highest BCUT2D eigenvalue weighted by Gasteiger charge is 2.59. The number of nitrogens with one attached hydrogen (secondary N) is 2. The Balaban J connectivity index is 1.16. The fraction of sp³-hybridized carbons (Fsp3) is 0.408. The van der Waals surface area contributed by atoms with Crippen molar-refractivity contribution in [2.45, 2.75) is 90.6 Å². The van der Waals surface area contributed by atoms with E-state index < -0.39 is 36.0 Å². The van der Waals surface area contributed by atoms with Crippen LogP contribution in [0.15, 0.2) is 97.4 Å². The molecular formula is C49H57FN9O7P. The van der Waals surface area contributed by atoms with Crippen LogP contribution in [0, 0.1) is 25.6 Å². The average Bonchev–Trinajstić information content (AvgIpc) is 3.63. The van der Waals surface area contributed by atoms with Crippen molar-refractivity contribution in [3.63, 3.8) is 0 Å². The van der Waals surface area contributed by atoms with Crippen molar-refractivity contribution in [2.75, 3.05) is 38.3 Å². The lowest BCUT2D eigenvalue weighted by molar-refractivity contribution is 0.0697. The van der Waals surface area contributed by atoms with Crippen molar-refractivity contribution in [1.82, 2.24) is 28.7 Å². The second-order valence-corrected chi connectivity index (χ2v) is 21.7. The van der Waals surface area contributed by atoms with Crippen LogP contribution < -0.4 is 27.8 Å². The number of ether oxygens (including phenoxy) is 1. The molecule has 5 heterocycles. The van der Waals surface area contributed by atoms with Crippen molar-refractivity contribution in [3.05, 3.63) is 133 Å². The van der Waals surface area contributed by atoms with Crippen LogP contribution >= 0.6 is 7.14 Å². The Morgan fingerprint density at radius 2 is 1.81 bits per heavy atom. The third-order valence-corrected chi connectivity index (χ3v) is 17.6. The van der Waals surface area contributed by atoms with E-state index in [0.717, 1.165) is 29.3 Å². The minimum Gasteiger partial charge on any atom is -0.402 e. The van der Waals surface area contributed by atoms with Gasteiger partial charge in [-0.2, -0.15) is 0 Å². The number of benzene rings is 3. The third-order valence-electron chi connectivity index (χ3n) is 14.3. The van der Waals surface area contributed by atoms with E-state index in [9.17, 15) is 19.3 Å². The van der Waals surface area contributed by atoms with Crippen LogP contribution in [0.25, 0.3) is 16.6 Å². The van der Waals surface area contributed by atoms with Crippen LogP contribution in [0.5, 0.6) is 0 Å². The zero-order valence-electron chi connectivity index (χ0n) is 38.8. The molecule has 0 bridgehead atoms. The topological polar surface area (TPSA) is 208 Å². The predicted octanol–water partition coefficient (Wildman–Crippen LogP) is 6.82. The quantitative estimate of drug-likeness (QED) is 0.0606. The Kier molecular flexibility index (Phi) is 11.9. The van der Waals surface area contributed by atoms with Gasteiger partial charge in [-0.1, -0.05) is 25.1 Å². The number of imidazole rings is 1. The zero-order chi connectivity index (χ0) is 47.7. The monoisotopic (exact) mass is 933 g/mol. The van der Waals surface area contributed by atoms with E-state index in [2.05, 4.69) is 27.6 Å². The highest BCUT2D eigenvalue weighted by atomic mass is 31.2. The van der Waals surface area contributed by atoms with Gasteiger partial charge < -0.3 is 34.9 Å². The maximum Gasteiger partial charge on any atom is 0.438 e. The summed E-state index contributed by atoms with van der Waals surface area (Å²) in [6.45, 7) is 12.1. The van der Waals surface area contributed by atoms with Gasteiger partial charge in [-0.05, 0) is 124 Å². The van der Waals surface area contributed by atoms with Crippen molar-refractivity contribution >= 4 is 46.5 Å². The van der Waals surface area contributed by atoms with E-state index in [-0.39, 0.29) is 42.6 Å². The number of carbonyl (C=O) groups is 1. The number of halogens is 1. The Morgan fingerprint density at radius 1 is 1.09 bits per heavy atom. The van der Waals surface area contributed by atoms with Gasteiger partial charge >= 0.3 is 11.4 Å². The van der Waals surface area contributed by atoms with Gasteiger partial charge in [0.05, 0.1) is 17.4 Å². The number of hydrogen-bond acceptors (Lipinski definition) is 11. The molecule has 3 aromatic carbocycles. The molecule has 9 rings (SSSR count). The molecule has 67 heavy (non-hydrogen) atoms. The molecule has 3 aliphatic rings. The van der Waals surface area contributed by atoms with Gasteiger partial charge in [0.25, 0.3) is 5.91 Å². The summed E-state index contributed by atoms with van der Waals surface area (Å²) in [7, 11) is -1.51. The number of carbonyl (C=O) groups excluding carboxylic acids is 1. The summed E-state index contributed by atoms with van der Waals surface area (Å²) in [6, 6.07) is 15.7. The largest absolute Gasteiger partial charge is 0.438 e. The molecule has 1 saturated heterocycles. The van der Waals surface area contributed by atoms with E-state index in [4.69, 9.17) is 20.0 Å². The van der Waals surface area contributed by atoms with Crippen LogP contribution in [-0.2, 0) is 14.8 Å². The number of aromatic nitrogens is 5. The molecule has 1 saturated carbocycles. The average molecular weight is 934 g/mol. The molecule has 18 heteroatoms. The van der Waals surface area contributed by atoms with Gasteiger partial charge in [-0.25, -0.2) is 19.0 Å². The van der Waals surface area contributed by atoms with Gasteiger partial charge in [-0.3, -0.25) is 23.4 Å². The minimum absolute atomic E-state index is 0.0116. The fourth-order valence-electron chi connectivity index (χ4n) is 10.4. The van der Waals surface area contributed by atoms with Gasteiger partial charge in [0.2, 0.25) is 0 Å². The van der Waals surface area contributed by atoms with Crippen molar-refractivity contribution in [1.29, 1.82) is 0 Å². The van der Waals surface area contributed by atoms with Gasteiger partial charge in [-0.15, -0.1) is 0 Å². The molecule has 6 aromatic rings. The lowest BCUT2D eigenvalue weighted by Crippen LogP contribution is -2.49. The number of nitrogens with two attached hydrogens (primary N) is 1. The first-order valence-electron chi connectivity index (χ1n) is 22.9. The van der Waals surface area contributed by atoms with Crippen molar-refractivity contribution in [3.8, 4) is 5.69 Å². The summed E-state index contributed by atoms with van der Waals surface area (Å²) >= 11 is 0. The molecule has 5 atom stereocenters. The number of aliphatic hydroxyl groups is 1. The zero-order valence-corrected chi connectivity index (χ0v) is 39.7. The van der Waals surface area contributed by atoms with E-state index in [1.165, 1.54) is 16.1 Å². The van der Waals surface area contributed by atoms with Crippen molar-refractivity contribution in [2.24, 2.45) is 16.6 Å². The number of aliphatic hydroxyl groups excluding tert-OH is 1. The fourth-order valence-corrected chi connectivity index (χ4v) is 12.5. The summed E-state index contributed by atoms with van der Waals surface area (Å²) in [5.74, 6) is -1.64. The molecule has 3 aromatic heterocycles. The van der Waals surface area contributed by atoms with E-state index in [0.29, 0.717) is 81.8 Å². The number of anilines is 1. The molecule has 5 N–H and O–H groups in total. The number of aryl methyl sites for hydroxylation is 2. The van der Waals surface area contributed by atoms with Gasteiger partial charge in [0, 0.05) is 84.9 Å². The van der Waals surface area contributed by atoms with Crippen molar-refractivity contribution < 1.29 is 28.1 Å². The molecule has 2 aliphatic heterocycles. The molecule has 0 unspecified atom stereocenters. The number of hydrogen-bond donors (Lipinski definition) is 4.